The van der Waals surface area contributed by atoms with E-state index in [1.54, 1.807) is 17.0 Å². The quantitative estimate of drug-likeness (QED) is 0.576. The largest absolute Gasteiger partial charge is 0.389 e. The maximum absolute atomic E-state index is 10.1. The van der Waals surface area contributed by atoms with Crippen molar-refractivity contribution in [2.75, 3.05) is 31.6 Å². The Morgan fingerprint density at radius 3 is 2.90 bits per heavy atom. The number of halogens is 1. The van der Waals surface area contributed by atoms with Gasteiger partial charge in [0.05, 0.1) is 53.1 Å². The van der Waals surface area contributed by atoms with Gasteiger partial charge in [-0.15, -0.1) is 0 Å². The van der Waals surface area contributed by atoms with Crippen LogP contribution in [0.15, 0.2) is 24.5 Å². The van der Waals surface area contributed by atoms with Gasteiger partial charge in [0.15, 0.2) is 0 Å². The van der Waals surface area contributed by atoms with Crippen LogP contribution in [0, 0.1) is 0 Å². The normalized spacial score (nSPS) is 23.0. The fraction of sp³-hybridized carbons (Fsp3) is 0.500. The second-order valence-electron chi connectivity index (χ2n) is 7.79. The van der Waals surface area contributed by atoms with Gasteiger partial charge in [0.2, 0.25) is 5.95 Å². The average molecular weight is 430 g/mol. The van der Waals surface area contributed by atoms with E-state index in [1.165, 1.54) is 0 Å². The Bertz CT molecular complexity index is 1040. The number of ether oxygens (including phenoxy) is 1. The number of anilines is 1. The van der Waals surface area contributed by atoms with Crippen LogP contribution in [0.1, 0.15) is 30.9 Å². The second kappa shape index (κ2) is 8.43. The van der Waals surface area contributed by atoms with E-state index in [0.29, 0.717) is 42.2 Å². The first-order chi connectivity index (χ1) is 14.7. The van der Waals surface area contributed by atoms with Gasteiger partial charge in [-0.3, -0.25) is 0 Å². The molecule has 30 heavy (non-hydrogen) atoms. The molecule has 0 unspecified atom stereocenters. The van der Waals surface area contributed by atoms with Crippen LogP contribution in [0.3, 0.4) is 0 Å². The van der Waals surface area contributed by atoms with Gasteiger partial charge < -0.3 is 20.5 Å². The van der Waals surface area contributed by atoms with Crippen molar-refractivity contribution in [1.29, 1.82) is 0 Å². The first-order valence-corrected chi connectivity index (χ1v) is 10.7. The van der Waals surface area contributed by atoms with Gasteiger partial charge in [-0.05, 0) is 44.5 Å². The lowest BCUT2D eigenvalue weighted by Crippen LogP contribution is -2.42. The van der Waals surface area contributed by atoms with Crippen LogP contribution in [-0.4, -0.2) is 68.4 Å². The minimum absolute atomic E-state index is 0.161. The summed E-state index contributed by atoms with van der Waals surface area (Å²) in [5, 5.41) is 26.3. The molecule has 0 bridgehead atoms. The Labute approximate surface area is 178 Å². The lowest BCUT2D eigenvalue weighted by molar-refractivity contribution is -0.0136. The summed E-state index contributed by atoms with van der Waals surface area (Å²) in [7, 11) is 0. The van der Waals surface area contributed by atoms with Crippen molar-refractivity contribution in [3.63, 3.8) is 0 Å². The predicted octanol–water partition coefficient (Wildman–Crippen LogP) is 1.87. The first kappa shape index (κ1) is 19.6. The highest BCUT2D eigenvalue weighted by Crippen LogP contribution is 2.31. The molecule has 9 nitrogen and oxygen atoms in total. The maximum atomic E-state index is 10.1. The molecule has 0 aliphatic carbocycles. The third-order valence-electron chi connectivity index (χ3n) is 5.81. The van der Waals surface area contributed by atoms with Crippen molar-refractivity contribution < 1.29 is 9.84 Å². The van der Waals surface area contributed by atoms with Crippen LogP contribution in [0.2, 0.25) is 5.02 Å². The fourth-order valence-electron chi connectivity index (χ4n) is 4.09. The topological polar surface area (TPSA) is 109 Å². The number of aliphatic hydroxyl groups is 1. The number of hydrogen-bond donors (Lipinski definition) is 3. The van der Waals surface area contributed by atoms with Crippen molar-refractivity contribution in [3.8, 4) is 11.3 Å². The van der Waals surface area contributed by atoms with Crippen LogP contribution >= 0.6 is 11.6 Å². The van der Waals surface area contributed by atoms with E-state index in [9.17, 15) is 5.11 Å². The molecule has 2 aliphatic heterocycles. The third kappa shape index (κ3) is 3.85. The predicted molar refractivity (Wildman–Crippen MR) is 113 cm³/mol. The molecular formula is C20H24ClN7O2. The lowest BCUT2D eigenvalue weighted by atomic mass is 9.94. The molecule has 5 rings (SSSR count). The van der Waals surface area contributed by atoms with Crippen molar-refractivity contribution in [2.45, 2.75) is 37.3 Å². The zero-order valence-corrected chi connectivity index (χ0v) is 17.2. The second-order valence-corrected chi connectivity index (χ2v) is 8.19. The molecule has 2 aliphatic rings. The van der Waals surface area contributed by atoms with E-state index in [1.807, 2.05) is 6.07 Å². The summed E-state index contributed by atoms with van der Waals surface area (Å²) in [6.45, 7) is 2.93. The molecule has 3 aromatic heterocycles. The van der Waals surface area contributed by atoms with Gasteiger partial charge in [0, 0.05) is 18.1 Å². The third-order valence-corrected chi connectivity index (χ3v) is 6.08. The molecule has 5 heterocycles. The Balaban J connectivity index is 1.44. The Hall–Kier alpha value is -2.33. The molecule has 0 spiro atoms. The van der Waals surface area contributed by atoms with Crippen LogP contribution in [0.4, 0.5) is 5.95 Å². The Morgan fingerprint density at radius 2 is 2.07 bits per heavy atom. The van der Waals surface area contributed by atoms with E-state index < -0.39 is 6.10 Å². The van der Waals surface area contributed by atoms with E-state index in [2.05, 4.69) is 31.8 Å². The van der Waals surface area contributed by atoms with E-state index in [0.717, 1.165) is 42.7 Å². The summed E-state index contributed by atoms with van der Waals surface area (Å²) < 4.78 is 6.93. The Kier molecular flexibility index (Phi) is 5.51. The molecule has 0 saturated carbocycles. The van der Waals surface area contributed by atoms with Crippen molar-refractivity contribution in [1.82, 2.24) is 30.1 Å². The fourth-order valence-corrected chi connectivity index (χ4v) is 4.29. The standard InChI is InChI=1S/C20H24ClN7O2/c21-14-10-23-20(25-16-5-8-30-11-18(16)29)26-19(14)13-9-24-28-17(13)2-1-15(27-28)12-3-6-22-7-4-12/h1-2,9-10,12,16,18,22,29H,3-8,11H2,(H,23,25,26)/t16-,18-/m1/s1. The zero-order chi connectivity index (χ0) is 20.5. The van der Waals surface area contributed by atoms with Crippen molar-refractivity contribution in [2.24, 2.45) is 0 Å². The lowest BCUT2D eigenvalue weighted by Gasteiger charge is -2.28. The van der Waals surface area contributed by atoms with Crippen LogP contribution in [0.25, 0.3) is 16.8 Å². The maximum Gasteiger partial charge on any atom is 0.223 e. The van der Waals surface area contributed by atoms with Gasteiger partial charge in [0.25, 0.3) is 0 Å². The molecule has 2 fully saturated rings. The number of aromatic nitrogens is 5. The van der Waals surface area contributed by atoms with Gasteiger partial charge in [0.1, 0.15) is 0 Å². The minimum Gasteiger partial charge on any atom is -0.389 e. The van der Waals surface area contributed by atoms with Crippen LogP contribution in [-0.2, 0) is 4.74 Å². The molecule has 0 radical (unpaired) electrons. The SMILES string of the molecule is O[C@@H]1COCC[C@H]1Nc1ncc(Cl)c(-c2cnn3nc(C4CCNCC4)ccc23)n1. The minimum atomic E-state index is -0.601. The van der Waals surface area contributed by atoms with Gasteiger partial charge in [-0.1, -0.05) is 11.6 Å². The van der Waals surface area contributed by atoms with Crippen LogP contribution in [0.5, 0.6) is 0 Å². The number of nitrogens with zero attached hydrogens (tertiary/aromatic N) is 5. The highest BCUT2D eigenvalue weighted by Gasteiger charge is 2.25. The summed E-state index contributed by atoms with van der Waals surface area (Å²) in [5.74, 6) is 0.867. The molecule has 2 saturated heterocycles. The van der Waals surface area contributed by atoms with Crippen LogP contribution < -0.4 is 10.6 Å². The number of aliphatic hydroxyl groups excluding tert-OH is 1. The molecule has 0 amide bonds. The zero-order valence-electron chi connectivity index (χ0n) is 16.5. The summed E-state index contributed by atoms with van der Waals surface area (Å²) in [6, 6.07) is 3.94. The molecule has 0 aromatic carbocycles. The molecule has 10 heteroatoms. The number of hydrogen-bond acceptors (Lipinski definition) is 8. The van der Waals surface area contributed by atoms with E-state index >= 15 is 0 Å². The average Bonchev–Trinajstić information content (AvgIpc) is 3.20. The summed E-state index contributed by atoms with van der Waals surface area (Å²) in [6.07, 6.45) is 5.54. The first-order valence-electron chi connectivity index (χ1n) is 10.3. The van der Waals surface area contributed by atoms with Gasteiger partial charge in [-0.2, -0.15) is 14.8 Å². The van der Waals surface area contributed by atoms with E-state index in [-0.39, 0.29) is 6.04 Å². The highest BCUT2D eigenvalue weighted by atomic mass is 35.5. The van der Waals surface area contributed by atoms with Crippen molar-refractivity contribution in [3.05, 3.63) is 35.2 Å². The number of rotatable bonds is 4. The molecule has 2 atom stereocenters. The number of nitrogens with one attached hydrogen (secondary N) is 2. The van der Waals surface area contributed by atoms with E-state index in [4.69, 9.17) is 21.4 Å². The smallest absolute Gasteiger partial charge is 0.223 e. The number of fused-ring (bicyclic) bond motifs is 1. The molecule has 158 valence electrons. The molecular weight excluding hydrogens is 406 g/mol. The summed E-state index contributed by atoms with van der Waals surface area (Å²) >= 11 is 6.43. The van der Waals surface area contributed by atoms with Gasteiger partial charge >= 0.3 is 0 Å². The highest BCUT2D eigenvalue weighted by molar-refractivity contribution is 6.33. The van der Waals surface area contributed by atoms with Gasteiger partial charge in [-0.25, -0.2) is 9.97 Å². The van der Waals surface area contributed by atoms with Crippen molar-refractivity contribution >= 4 is 23.1 Å². The molecule has 3 aromatic rings. The monoisotopic (exact) mass is 429 g/mol. The molecule has 3 N–H and O–H groups in total. The summed E-state index contributed by atoms with van der Waals surface area (Å²) in [5.41, 5.74) is 3.28. The summed E-state index contributed by atoms with van der Waals surface area (Å²) in [4.78, 5) is 8.89. The number of piperidine rings is 1. The Morgan fingerprint density at radius 1 is 1.20 bits per heavy atom.